The van der Waals surface area contributed by atoms with Crippen LogP contribution in [0, 0.1) is 5.82 Å². The van der Waals surface area contributed by atoms with E-state index in [4.69, 9.17) is 5.73 Å². The van der Waals surface area contributed by atoms with Gasteiger partial charge in [-0.2, -0.15) is 0 Å². The molecule has 2 aliphatic rings. The second-order valence-electron chi connectivity index (χ2n) is 4.79. The van der Waals surface area contributed by atoms with Gasteiger partial charge in [0.1, 0.15) is 5.82 Å². The minimum Gasteiger partial charge on any atom is -0.370 e. The summed E-state index contributed by atoms with van der Waals surface area (Å²) in [5.74, 6) is 0.913. The average molecular weight is 233 g/mol. The van der Waals surface area contributed by atoms with Crippen molar-refractivity contribution in [3.63, 3.8) is 0 Å². The van der Waals surface area contributed by atoms with Crippen LogP contribution in [0.15, 0.2) is 29.3 Å². The number of rotatable bonds is 2. The number of guanidine groups is 1. The first-order valence-corrected chi connectivity index (χ1v) is 6.08. The van der Waals surface area contributed by atoms with E-state index < -0.39 is 0 Å². The number of halogens is 1. The van der Waals surface area contributed by atoms with Crippen LogP contribution in [0.3, 0.4) is 0 Å². The molecule has 0 amide bonds. The maximum atomic E-state index is 12.8. The number of hydrogen-bond acceptors (Lipinski definition) is 1. The number of benzene rings is 1. The van der Waals surface area contributed by atoms with Gasteiger partial charge >= 0.3 is 0 Å². The maximum Gasteiger partial charge on any atom is 0.191 e. The van der Waals surface area contributed by atoms with E-state index in [9.17, 15) is 4.39 Å². The Bertz CT molecular complexity index is 436. The molecule has 2 atom stereocenters. The summed E-state index contributed by atoms with van der Waals surface area (Å²) in [6.45, 7) is 2.06. The van der Waals surface area contributed by atoms with Gasteiger partial charge in [-0.15, -0.1) is 0 Å². The largest absolute Gasteiger partial charge is 0.370 e. The van der Waals surface area contributed by atoms with Gasteiger partial charge in [0, 0.05) is 19.0 Å². The minimum absolute atomic E-state index is 0.186. The van der Waals surface area contributed by atoms with Crippen molar-refractivity contribution in [1.29, 1.82) is 0 Å². The second kappa shape index (κ2) is 4.02. The molecule has 0 spiro atoms. The number of hydrogen-bond donors (Lipinski definition) is 1. The molecule has 1 aromatic rings. The van der Waals surface area contributed by atoms with Crippen molar-refractivity contribution in [1.82, 2.24) is 4.90 Å². The van der Waals surface area contributed by atoms with Crippen LogP contribution in [0.5, 0.6) is 0 Å². The minimum atomic E-state index is -0.186. The third-order valence-corrected chi connectivity index (χ3v) is 3.53. The van der Waals surface area contributed by atoms with Gasteiger partial charge in [-0.1, -0.05) is 12.1 Å². The summed E-state index contributed by atoms with van der Waals surface area (Å²) in [5, 5.41) is 0. The predicted molar refractivity (Wildman–Crippen MR) is 65.4 cm³/mol. The van der Waals surface area contributed by atoms with Gasteiger partial charge in [0.05, 0.1) is 6.04 Å². The summed E-state index contributed by atoms with van der Waals surface area (Å²) >= 11 is 0. The van der Waals surface area contributed by atoms with E-state index in [2.05, 4.69) is 9.89 Å². The highest BCUT2D eigenvalue weighted by molar-refractivity contribution is 5.79. The van der Waals surface area contributed by atoms with Crippen LogP contribution in [-0.2, 0) is 0 Å². The molecule has 1 saturated carbocycles. The Labute approximate surface area is 100 Å². The zero-order valence-corrected chi connectivity index (χ0v) is 9.64. The molecule has 0 unspecified atom stereocenters. The van der Waals surface area contributed by atoms with Crippen LogP contribution >= 0.6 is 0 Å². The molecule has 0 radical (unpaired) electrons. The lowest BCUT2D eigenvalue weighted by Gasteiger charge is -2.31. The topological polar surface area (TPSA) is 41.6 Å². The van der Waals surface area contributed by atoms with Crippen molar-refractivity contribution >= 4 is 5.96 Å². The lowest BCUT2D eigenvalue weighted by molar-refractivity contribution is 0.295. The van der Waals surface area contributed by atoms with Gasteiger partial charge in [0.25, 0.3) is 0 Å². The summed E-state index contributed by atoms with van der Waals surface area (Å²) in [6.07, 6.45) is 2.24. The molecule has 1 heterocycles. The van der Waals surface area contributed by atoms with E-state index in [1.807, 2.05) is 12.1 Å². The molecule has 1 aliphatic carbocycles. The maximum absolute atomic E-state index is 12.8. The first-order valence-electron chi connectivity index (χ1n) is 6.08. The van der Waals surface area contributed by atoms with Gasteiger partial charge in [-0.05, 0) is 30.5 Å². The van der Waals surface area contributed by atoms with Crippen LogP contribution in [-0.4, -0.2) is 30.0 Å². The molecule has 0 aromatic heterocycles. The first-order chi connectivity index (χ1) is 8.24. The Kier molecular flexibility index (Phi) is 2.50. The molecule has 2 N–H and O–H groups in total. The third-order valence-electron chi connectivity index (χ3n) is 3.53. The fourth-order valence-electron chi connectivity index (χ4n) is 2.19. The molecule has 1 saturated heterocycles. The third kappa shape index (κ3) is 2.12. The van der Waals surface area contributed by atoms with Crippen LogP contribution in [0.1, 0.15) is 24.3 Å². The Morgan fingerprint density at radius 3 is 2.59 bits per heavy atom. The van der Waals surface area contributed by atoms with Crippen molar-refractivity contribution in [2.75, 3.05) is 13.1 Å². The summed E-state index contributed by atoms with van der Waals surface area (Å²) in [4.78, 5) is 6.61. The van der Waals surface area contributed by atoms with E-state index in [0.29, 0.717) is 17.9 Å². The standard InChI is InChI=1S/C13H16FN3/c14-10-4-2-9(3-5-10)11-8-12(11)16-13(15)17-6-1-7-17/h2-5,11-12H,1,6-8H2,(H2,15,16)/t11-,12+/m0/s1. The Hall–Kier alpha value is -1.58. The van der Waals surface area contributed by atoms with Gasteiger partial charge in [-0.3, -0.25) is 0 Å². The van der Waals surface area contributed by atoms with Crippen molar-refractivity contribution in [3.05, 3.63) is 35.6 Å². The zero-order valence-electron chi connectivity index (χ0n) is 9.64. The molecular formula is C13H16FN3. The van der Waals surface area contributed by atoms with Crippen LogP contribution in [0.2, 0.25) is 0 Å². The highest BCUT2D eigenvalue weighted by Gasteiger charge is 2.39. The average Bonchev–Trinajstić information content (AvgIpc) is 2.95. The molecule has 17 heavy (non-hydrogen) atoms. The fraction of sp³-hybridized carbons (Fsp3) is 0.462. The van der Waals surface area contributed by atoms with E-state index in [1.54, 1.807) is 0 Å². The van der Waals surface area contributed by atoms with Crippen molar-refractivity contribution in [3.8, 4) is 0 Å². The van der Waals surface area contributed by atoms with Gasteiger partial charge in [-0.25, -0.2) is 9.38 Å². The Balaban J connectivity index is 1.64. The fourth-order valence-corrected chi connectivity index (χ4v) is 2.19. The highest BCUT2D eigenvalue weighted by Crippen LogP contribution is 2.43. The van der Waals surface area contributed by atoms with Crippen LogP contribution < -0.4 is 5.73 Å². The smallest absolute Gasteiger partial charge is 0.191 e. The zero-order chi connectivity index (χ0) is 11.8. The van der Waals surface area contributed by atoms with Crippen molar-refractivity contribution in [2.24, 2.45) is 10.7 Å². The summed E-state index contributed by atoms with van der Waals surface area (Å²) in [6, 6.07) is 6.99. The SMILES string of the molecule is NC(=N[C@@H]1C[C@H]1c1ccc(F)cc1)N1CCC1. The number of aliphatic imine (C=N–C) groups is 1. The molecular weight excluding hydrogens is 217 g/mol. The first kappa shape index (κ1) is 10.6. The summed E-state index contributed by atoms with van der Waals surface area (Å²) in [5.41, 5.74) is 7.06. The van der Waals surface area contributed by atoms with Gasteiger partial charge < -0.3 is 10.6 Å². The van der Waals surface area contributed by atoms with Crippen molar-refractivity contribution < 1.29 is 4.39 Å². The second-order valence-corrected chi connectivity index (χ2v) is 4.79. The quantitative estimate of drug-likeness (QED) is 0.624. The lowest BCUT2D eigenvalue weighted by Crippen LogP contribution is -2.46. The van der Waals surface area contributed by atoms with E-state index in [1.165, 1.54) is 18.6 Å². The molecule has 0 bridgehead atoms. The van der Waals surface area contributed by atoms with E-state index in [0.717, 1.165) is 25.1 Å². The summed E-state index contributed by atoms with van der Waals surface area (Å²) in [7, 11) is 0. The number of nitrogens with zero attached hydrogens (tertiary/aromatic N) is 2. The molecule has 3 rings (SSSR count). The van der Waals surface area contributed by atoms with Gasteiger partial charge in [0.2, 0.25) is 0 Å². The highest BCUT2D eigenvalue weighted by atomic mass is 19.1. The lowest BCUT2D eigenvalue weighted by atomic mass is 10.1. The molecule has 90 valence electrons. The van der Waals surface area contributed by atoms with E-state index in [-0.39, 0.29) is 5.82 Å². The molecule has 1 aliphatic heterocycles. The monoisotopic (exact) mass is 233 g/mol. The number of likely N-dealkylation sites (tertiary alicyclic amines) is 1. The van der Waals surface area contributed by atoms with Crippen LogP contribution in [0.25, 0.3) is 0 Å². The van der Waals surface area contributed by atoms with Crippen molar-refractivity contribution in [2.45, 2.75) is 24.8 Å². The predicted octanol–water partition coefficient (Wildman–Crippen LogP) is 1.70. The molecule has 1 aromatic carbocycles. The molecule has 4 heteroatoms. The molecule has 2 fully saturated rings. The van der Waals surface area contributed by atoms with Crippen LogP contribution in [0.4, 0.5) is 4.39 Å². The Morgan fingerprint density at radius 2 is 2.00 bits per heavy atom. The number of nitrogens with two attached hydrogens (primary N) is 1. The summed E-state index contributed by atoms with van der Waals surface area (Å²) < 4.78 is 12.8. The van der Waals surface area contributed by atoms with Gasteiger partial charge in [0.15, 0.2) is 5.96 Å². The normalized spacial score (nSPS) is 27.8. The Morgan fingerprint density at radius 1 is 1.29 bits per heavy atom. The molecule has 3 nitrogen and oxygen atoms in total. The van der Waals surface area contributed by atoms with E-state index >= 15 is 0 Å².